The molecule has 1 N–H and O–H groups in total. The SMILES string of the molecule is COc1ccccc1C1(C)CCCC(C(=O)O)=C1C. The molecule has 102 valence electrons. The Morgan fingerprint density at radius 3 is 2.68 bits per heavy atom. The minimum absolute atomic E-state index is 0.251. The maximum Gasteiger partial charge on any atom is 0.331 e. The van der Waals surface area contributed by atoms with Gasteiger partial charge in [0, 0.05) is 16.6 Å². The van der Waals surface area contributed by atoms with E-state index in [0.717, 1.165) is 29.7 Å². The molecule has 1 aliphatic carbocycles. The number of carboxylic acids is 1. The van der Waals surface area contributed by atoms with E-state index in [1.807, 2.05) is 31.2 Å². The summed E-state index contributed by atoms with van der Waals surface area (Å²) in [4.78, 5) is 11.3. The average molecular weight is 260 g/mol. The monoisotopic (exact) mass is 260 g/mol. The van der Waals surface area contributed by atoms with E-state index in [9.17, 15) is 9.90 Å². The van der Waals surface area contributed by atoms with Gasteiger partial charge in [-0.2, -0.15) is 0 Å². The molecule has 0 saturated carbocycles. The number of aliphatic carboxylic acids is 1. The zero-order valence-electron chi connectivity index (χ0n) is 11.7. The average Bonchev–Trinajstić information content (AvgIpc) is 2.41. The van der Waals surface area contributed by atoms with Gasteiger partial charge in [0.2, 0.25) is 0 Å². The predicted octanol–water partition coefficient (Wildman–Crippen LogP) is 3.54. The number of hydrogen-bond donors (Lipinski definition) is 1. The number of allylic oxidation sites excluding steroid dienone is 1. The summed E-state index contributed by atoms with van der Waals surface area (Å²) >= 11 is 0. The van der Waals surface area contributed by atoms with Crippen molar-refractivity contribution in [3.05, 3.63) is 41.0 Å². The van der Waals surface area contributed by atoms with Gasteiger partial charge in [0.15, 0.2) is 0 Å². The highest BCUT2D eigenvalue weighted by molar-refractivity contribution is 5.88. The number of benzene rings is 1. The van der Waals surface area contributed by atoms with Crippen molar-refractivity contribution >= 4 is 5.97 Å². The van der Waals surface area contributed by atoms with Gasteiger partial charge in [0.1, 0.15) is 5.75 Å². The lowest BCUT2D eigenvalue weighted by molar-refractivity contribution is -0.133. The highest BCUT2D eigenvalue weighted by atomic mass is 16.5. The molecule has 1 aromatic rings. The highest BCUT2D eigenvalue weighted by Crippen LogP contribution is 2.45. The molecule has 0 saturated heterocycles. The molecule has 0 spiro atoms. The largest absolute Gasteiger partial charge is 0.496 e. The van der Waals surface area contributed by atoms with Gasteiger partial charge < -0.3 is 9.84 Å². The van der Waals surface area contributed by atoms with E-state index < -0.39 is 5.97 Å². The quantitative estimate of drug-likeness (QED) is 0.904. The zero-order valence-corrected chi connectivity index (χ0v) is 11.7. The van der Waals surface area contributed by atoms with E-state index in [-0.39, 0.29) is 5.41 Å². The van der Waals surface area contributed by atoms with Crippen LogP contribution in [0.1, 0.15) is 38.7 Å². The molecule has 0 aromatic heterocycles. The fourth-order valence-electron chi connectivity index (χ4n) is 3.03. The number of para-hydroxylation sites is 1. The van der Waals surface area contributed by atoms with E-state index in [0.29, 0.717) is 12.0 Å². The molecule has 0 radical (unpaired) electrons. The zero-order chi connectivity index (χ0) is 14.0. The first kappa shape index (κ1) is 13.7. The second-order valence-electron chi connectivity index (χ2n) is 5.29. The van der Waals surface area contributed by atoms with Crippen molar-refractivity contribution in [3.63, 3.8) is 0 Å². The molecule has 0 amide bonds. The molecule has 2 rings (SSSR count). The molecular weight excluding hydrogens is 240 g/mol. The molecule has 19 heavy (non-hydrogen) atoms. The van der Waals surface area contributed by atoms with Gasteiger partial charge in [-0.05, 0) is 32.3 Å². The van der Waals surface area contributed by atoms with Crippen LogP contribution in [-0.4, -0.2) is 18.2 Å². The van der Waals surface area contributed by atoms with Crippen molar-refractivity contribution in [2.24, 2.45) is 0 Å². The van der Waals surface area contributed by atoms with Crippen LogP contribution in [0.15, 0.2) is 35.4 Å². The van der Waals surface area contributed by atoms with Gasteiger partial charge in [-0.25, -0.2) is 4.79 Å². The molecule has 3 nitrogen and oxygen atoms in total. The predicted molar refractivity (Wildman–Crippen MR) is 74.5 cm³/mol. The van der Waals surface area contributed by atoms with E-state index in [1.54, 1.807) is 7.11 Å². The summed E-state index contributed by atoms with van der Waals surface area (Å²) in [5.74, 6) is 0.0364. The fourth-order valence-corrected chi connectivity index (χ4v) is 3.03. The number of carboxylic acid groups (broad SMARTS) is 1. The van der Waals surface area contributed by atoms with Gasteiger partial charge >= 0.3 is 5.97 Å². The van der Waals surface area contributed by atoms with Gasteiger partial charge in [-0.15, -0.1) is 0 Å². The first-order chi connectivity index (χ1) is 9.00. The molecule has 1 atom stereocenters. The number of carbonyl (C=O) groups is 1. The van der Waals surface area contributed by atoms with Crippen molar-refractivity contribution in [1.29, 1.82) is 0 Å². The molecule has 0 heterocycles. The van der Waals surface area contributed by atoms with Crippen LogP contribution in [0.25, 0.3) is 0 Å². The lowest BCUT2D eigenvalue weighted by Crippen LogP contribution is -2.30. The number of hydrogen-bond acceptors (Lipinski definition) is 2. The molecule has 1 aromatic carbocycles. The van der Waals surface area contributed by atoms with Crippen LogP contribution in [0, 0.1) is 0 Å². The molecule has 3 heteroatoms. The Balaban J connectivity index is 2.58. The smallest absolute Gasteiger partial charge is 0.331 e. The Morgan fingerprint density at radius 2 is 2.05 bits per heavy atom. The standard InChI is InChI=1S/C16H20O3/c1-11-12(15(17)18)7-6-10-16(11,2)13-8-4-5-9-14(13)19-3/h4-5,8-9H,6-7,10H2,1-3H3,(H,17,18). The third kappa shape index (κ3) is 2.25. The molecule has 0 fully saturated rings. The fraction of sp³-hybridized carbons (Fsp3) is 0.438. The Morgan fingerprint density at radius 1 is 1.37 bits per heavy atom. The lowest BCUT2D eigenvalue weighted by atomic mass is 9.67. The minimum atomic E-state index is -0.793. The second-order valence-corrected chi connectivity index (χ2v) is 5.29. The number of ether oxygens (including phenoxy) is 1. The summed E-state index contributed by atoms with van der Waals surface area (Å²) in [6.07, 6.45) is 2.51. The summed E-state index contributed by atoms with van der Waals surface area (Å²) in [5, 5.41) is 9.33. The van der Waals surface area contributed by atoms with Gasteiger partial charge in [0.05, 0.1) is 7.11 Å². The lowest BCUT2D eigenvalue weighted by Gasteiger charge is -2.37. The first-order valence-electron chi connectivity index (χ1n) is 6.57. The van der Waals surface area contributed by atoms with Crippen LogP contribution in [0.5, 0.6) is 5.75 Å². The van der Waals surface area contributed by atoms with Crippen molar-refractivity contribution in [2.45, 2.75) is 38.5 Å². The Kier molecular flexibility index (Phi) is 3.65. The van der Waals surface area contributed by atoms with Gasteiger partial charge in [0.25, 0.3) is 0 Å². The maximum absolute atomic E-state index is 11.3. The second kappa shape index (κ2) is 5.08. The van der Waals surface area contributed by atoms with Crippen LogP contribution in [0.2, 0.25) is 0 Å². The third-order valence-corrected chi connectivity index (χ3v) is 4.34. The van der Waals surface area contributed by atoms with Crippen LogP contribution in [-0.2, 0) is 10.2 Å². The minimum Gasteiger partial charge on any atom is -0.496 e. The summed E-state index contributed by atoms with van der Waals surface area (Å²) in [6, 6.07) is 7.88. The van der Waals surface area contributed by atoms with Gasteiger partial charge in [-0.3, -0.25) is 0 Å². The number of rotatable bonds is 3. The normalized spacial score (nSPS) is 23.3. The van der Waals surface area contributed by atoms with Crippen molar-refractivity contribution in [3.8, 4) is 5.75 Å². The van der Waals surface area contributed by atoms with E-state index in [1.165, 1.54) is 0 Å². The van der Waals surface area contributed by atoms with E-state index in [2.05, 4.69) is 6.92 Å². The van der Waals surface area contributed by atoms with Crippen LogP contribution in [0.3, 0.4) is 0 Å². The summed E-state index contributed by atoms with van der Waals surface area (Å²) in [6.45, 7) is 4.05. The van der Waals surface area contributed by atoms with Crippen LogP contribution >= 0.6 is 0 Å². The first-order valence-corrected chi connectivity index (χ1v) is 6.57. The maximum atomic E-state index is 11.3. The molecule has 1 unspecified atom stereocenters. The Labute approximate surface area is 113 Å². The van der Waals surface area contributed by atoms with Crippen LogP contribution in [0.4, 0.5) is 0 Å². The Bertz CT molecular complexity index is 531. The van der Waals surface area contributed by atoms with E-state index in [4.69, 9.17) is 4.74 Å². The third-order valence-electron chi connectivity index (χ3n) is 4.34. The molecule has 0 aliphatic heterocycles. The van der Waals surface area contributed by atoms with Gasteiger partial charge in [-0.1, -0.05) is 30.7 Å². The van der Waals surface area contributed by atoms with E-state index >= 15 is 0 Å². The number of methoxy groups -OCH3 is 1. The van der Waals surface area contributed by atoms with Crippen molar-refractivity contribution in [1.82, 2.24) is 0 Å². The van der Waals surface area contributed by atoms with Crippen LogP contribution < -0.4 is 4.74 Å². The summed E-state index contributed by atoms with van der Waals surface area (Å²) in [5.41, 5.74) is 2.34. The van der Waals surface area contributed by atoms with Crippen molar-refractivity contribution < 1.29 is 14.6 Å². The molecule has 1 aliphatic rings. The highest BCUT2D eigenvalue weighted by Gasteiger charge is 2.37. The summed E-state index contributed by atoms with van der Waals surface area (Å²) < 4.78 is 5.44. The van der Waals surface area contributed by atoms with Crippen molar-refractivity contribution in [2.75, 3.05) is 7.11 Å². The Hall–Kier alpha value is -1.77. The molecule has 0 bridgehead atoms. The molecular formula is C16H20O3. The topological polar surface area (TPSA) is 46.5 Å². The summed E-state index contributed by atoms with van der Waals surface area (Å²) in [7, 11) is 1.65.